The van der Waals surface area contributed by atoms with Gasteiger partial charge in [0, 0.05) is 6.54 Å². The lowest BCUT2D eigenvalue weighted by atomic mass is 9.77. The molecule has 0 spiro atoms. The van der Waals surface area contributed by atoms with Crippen LogP contribution in [0.15, 0.2) is 24.3 Å². The molecule has 0 aromatic heterocycles. The molecule has 1 aliphatic rings. The van der Waals surface area contributed by atoms with Crippen LogP contribution in [0.3, 0.4) is 0 Å². The van der Waals surface area contributed by atoms with Gasteiger partial charge < -0.3 is 10.6 Å². The van der Waals surface area contributed by atoms with E-state index in [1.54, 1.807) is 18.2 Å². The number of amides is 1. The summed E-state index contributed by atoms with van der Waals surface area (Å²) in [7, 11) is 0. The average molecular weight is 250 g/mol. The molecule has 0 aliphatic carbocycles. The highest BCUT2D eigenvalue weighted by molar-refractivity contribution is 5.95. The maximum Gasteiger partial charge on any atom is 0.231 e. The molecular formula is C14H19FN2O. The van der Waals surface area contributed by atoms with Crippen molar-refractivity contribution in [2.24, 2.45) is 5.41 Å². The first kappa shape index (κ1) is 13.0. The van der Waals surface area contributed by atoms with E-state index in [2.05, 4.69) is 10.6 Å². The van der Waals surface area contributed by atoms with Crippen molar-refractivity contribution in [1.82, 2.24) is 5.32 Å². The minimum absolute atomic E-state index is 0.0812. The molecule has 1 saturated heterocycles. The number of carbonyl (C=O) groups is 1. The first-order chi connectivity index (χ1) is 8.68. The van der Waals surface area contributed by atoms with Crippen molar-refractivity contribution in [3.63, 3.8) is 0 Å². The summed E-state index contributed by atoms with van der Waals surface area (Å²) in [6.07, 6.45) is 2.61. The highest BCUT2D eigenvalue weighted by Gasteiger charge is 2.37. The first-order valence-electron chi connectivity index (χ1n) is 6.45. The third-order valence-corrected chi connectivity index (χ3v) is 3.75. The zero-order valence-electron chi connectivity index (χ0n) is 10.6. The summed E-state index contributed by atoms with van der Waals surface area (Å²) in [5.41, 5.74) is -0.138. The van der Waals surface area contributed by atoms with Crippen LogP contribution in [0, 0.1) is 11.2 Å². The number of anilines is 1. The topological polar surface area (TPSA) is 41.1 Å². The third kappa shape index (κ3) is 2.53. The van der Waals surface area contributed by atoms with Gasteiger partial charge in [0.1, 0.15) is 5.82 Å². The molecule has 1 fully saturated rings. The van der Waals surface area contributed by atoms with Crippen LogP contribution in [-0.2, 0) is 4.79 Å². The Morgan fingerprint density at radius 3 is 2.89 bits per heavy atom. The van der Waals surface area contributed by atoms with E-state index >= 15 is 0 Å². The lowest BCUT2D eigenvalue weighted by molar-refractivity contribution is -0.126. The van der Waals surface area contributed by atoms with Crippen LogP contribution >= 0.6 is 0 Å². The zero-order valence-corrected chi connectivity index (χ0v) is 10.6. The van der Waals surface area contributed by atoms with E-state index in [-0.39, 0.29) is 17.4 Å². The van der Waals surface area contributed by atoms with Gasteiger partial charge >= 0.3 is 0 Å². The van der Waals surface area contributed by atoms with Gasteiger partial charge in [0.25, 0.3) is 0 Å². The van der Waals surface area contributed by atoms with Crippen LogP contribution < -0.4 is 10.6 Å². The van der Waals surface area contributed by atoms with Gasteiger partial charge in [-0.15, -0.1) is 0 Å². The molecule has 2 N–H and O–H groups in total. The van der Waals surface area contributed by atoms with Gasteiger partial charge in [-0.2, -0.15) is 0 Å². The Morgan fingerprint density at radius 1 is 1.50 bits per heavy atom. The molecule has 1 aliphatic heterocycles. The summed E-state index contributed by atoms with van der Waals surface area (Å²) in [6.45, 7) is 3.63. The number of rotatable bonds is 3. The smallest absolute Gasteiger partial charge is 0.231 e. The number of halogens is 1. The zero-order chi connectivity index (χ0) is 13.0. The van der Waals surface area contributed by atoms with Gasteiger partial charge in [-0.25, -0.2) is 4.39 Å². The van der Waals surface area contributed by atoms with E-state index in [9.17, 15) is 9.18 Å². The standard InChI is InChI=1S/C14H19FN2O/c1-2-14(8-5-9-16-10-14)13(18)17-12-7-4-3-6-11(12)15/h3-4,6-7,16H,2,5,8-10H2,1H3,(H,17,18). The van der Waals surface area contributed by atoms with Gasteiger partial charge in [0.2, 0.25) is 5.91 Å². The van der Waals surface area contributed by atoms with Crippen LogP contribution in [0.2, 0.25) is 0 Å². The van der Waals surface area contributed by atoms with E-state index < -0.39 is 5.41 Å². The largest absolute Gasteiger partial charge is 0.323 e. The molecule has 18 heavy (non-hydrogen) atoms. The van der Waals surface area contributed by atoms with E-state index in [4.69, 9.17) is 0 Å². The van der Waals surface area contributed by atoms with Crippen molar-refractivity contribution in [2.45, 2.75) is 26.2 Å². The molecule has 0 saturated carbocycles. The fraction of sp³-hybridized carbons (Fsp3) is 0.500. The Hall–Kier alpha value is -1.42. The van der Waals surface area contributed by atoms with Crippen molar-refractivity contribution < 1.29 is 9.18 Å². The van der Waals surface area contributed by atoms with E-state index in [0.29, 0.717) is 6.54 Å². The molecule has 0 bridgehead atoms. The normalized spacial score (nSPS) is 23.7. The Balaban J connectivity index is 2.13. The Morgan fingerprint density at radius 2 is 2.28 bits per heavy atom. The number of nitrogens with one attached hydrogen (secondary N) is 2. The predicted octanol–water partition coefficient (Wildman–Crippen LogP) is 2.54. The summed E-state index contributed by atoms with van der Waals surface area (Å²) in [5.74, 6) is -0.469. The highest BCUT2D eigenvalue weighted by atomic mass is 19.1. The van der Waals surface area contributed by atoms with Gasteiger partial charge in [-0.05, 0) is 37.9 Å². The molecule has 1 heterocycles. The summed E-state index contributed by atoms with van der Waals surface area (Å²) >= 11 is 0. The second-order valence-electron chi connectivity index (χ2n) is 4.85. The molecule has 1 unspecified atom stereocenters. The third-order valence-electron chi connectivity index (χ3n) is 3.75. The minimum Gasteiger partial charge on any atom is -0.323 e. The quantitative estimate of drug-likeness (QED) is 0.865. The molecule has 1 aromatic rings. The van der Waals surface area contributed by atoms with Crippen LogP contribution in [0.4, 0.5) is 10.1 Å². The second kappa shape index (κ2) is 5.48. The van der Waals surface area contributed by atoms with Crippen LogP contribution in [0.25, 0.3) is 0 Å². The Labute approximate surface area is 107 Å². The van der Waals surface area contributed by atoms with Crippen molar-refractivity contribution in [3.8, 4) is 0 Å². The van der Waals surface area contributed by atoms with Crippen molar-refractivity contribution in [3.05, 3.63) is 30.1 Å². The number of benzene rings is 1. The van der Waals surface area contributed by atoms with Crippen molar-refractivity contribution >= 4 is 11.6 Å². The second-order valence-corrected chi connectivity index (χ2v) is 4.85. The van der Waals surface area contributed by atoms with Gasteiger partial charge in [0.15, 0.2) is 0 Å². The highest BCUT2D eigenvalue weighted by Crippen LogP contribution is 2.31. The summed E-state index contributed by atoms with van der Waals surface area (Å²) in [5, 5.41) is 5.97. The van der Waals surface area contributed by atoms with E-state index in [1.165, 1.54) is 6.07 Å². The number of para-hydroxylation sites is 1. The molecule has 0 radical (unpaired) electrons. The summed E-state index contributed by atoms with van der Waals surface area (Å²) in [6, 6.07) is 6.28. The lowest BCUT2D eigenvalue weighted by Gasteiger charge is -2.35. The molecule has 2 rings (SSSR count). The molecule has 3 nitrogen and oxygen atoms in total. The Bertz CT molecular complexity index is 428. The van der Waals surface area contributed by atoms with Gasteiger partial charge in [-0.1, -0.05) is 19.1 Å². The van der Waals surface area contributed by atoms with Crippen molar-refractivity contribution in [1.29, 1.82) is 0 Å². The molecule has 1 amide bonds. The number of carbonyl (C=O) groups excluding carboxylic acids is 1. The Kier molecular flexibility index (Phi) is 3.97. The van der Waals surface area contributed by atoms with Crippen molar-refractivity contribution in [2.75, 3.05) is 18.4 Å². The minimum atomic E-state index is -0.402. The molecule has 1 atom stereocenters. The number of hydrogen-bond acceptors (Lipinski definition) is 2. The number of piperidine rings is 1. The maximum absolute atomic E-state index is 13.5. The van der Waals surface area contributed by atoms with Crippen LogP contribution in [0.1, 0.15) is 26.2 Å². The average Bonchev–Trinajstić information content (AvgIpc) is 2.42. The SMILES string of the molecule is CCC1(C(=O)Nc2ccccc2F)CCCNC1. The monoisotopic (exact) mass is 250 g/mol. The fourth-order valence-corrected chi connectivity index (χ4v) is 2.44. The fourth-order valence-electron chi connectivity index (χ4n) is 2.44. The molecule has 1 aromatic carbocycles. The summed E-state index contributed by atoms with van der Waals surface area (Å²) < 4.78 is 13.5. The summed E-state index contributed by atoms with van der Waals surface area (Å²) in [4.78, 5) is 12.4. The van der Waals surface area contributed by atoms with Gasteiger partial charge in [0.05, 0.1) is 11.1 Å². The molecular weight excluding hydrogens is 231 g/mol. The maximum atomic E-state index is 13.5. The number of hydrogen-bond donors (Lipinski definition) is 2. The van der Waals surface area contributed by atoms with Crippen LogP contribution in [0.5, 0.6) is 0 Å². The molecule has 4 heteroatoms. The van der Waals surface area contributed by atoms with Crippen LogP contribution in [-0.4, -0.2) is 19.0 Å². The van der Waals surface area contributed by atoms with Gasteiger partial charge in [-0.3, -0.25) is 4.79 Å². The van der Waals surface area contributed by atoms with E-state index in [0.717, 1.165) is 25.8 Å². The van der Waals surface area contributed by atoms with E-state index in [1.807, 2.05) is 6.92 Å². The molecule has 98 valence electrons. The predicted molar refractivity (Wildman–Crippen MR) is 69.9 cm³/mol. The first-order valence-corrected chi connectivity index (χ1v) is 6.45. The lowest BCUT2D eigenvalue weighted by Crippen LogP contribution is -2.47.